The third kappa shape index (κ3) is 2.15. The first-order valence-corrected chi connectivity index (χ1v) is 9.57. The quantitative estimate of drug-likeness (QED) is 0.448. The van der Waals surface area contributed by atoms with Gasteiger partial charge in [0.05, 0.1) is 0 Å². The minimum absolute atomic E-state index is 0.619. The molecule has 0 aromatic rings. The maximum atomic E-state index is 2.48. The SMILES string of the molecule is C[C@@H]1CC=C[C@H]([Ge]([CH3])[CH3])C1. The first-order chi connectivity index (χ1) is 4.70. The Balaban J connectivity index is 2.47. The predicted octanol–water partition coefficient (Wildman–Crippen LogP) is 3.10. The van der Waals surface area contributed by atoms with Crippen LogP contribution in [-0.4, -0.2) is 14.3 Å². The van der Waals surface area contributed by atoms with E-state index in [1.54, 1.807) is 0 Å². The molecule has 0 spiro atoms. The molecule has 0 nitrogen and oxygen atoms in total. The summed E-state index contributed by atoms with van der Waals surface area (Å²) in [6, 6.07) is 0. The molecule has 0 unspecified atom stereocenters. The Hall–Kier alpha value is 0.283. The molecule has 0 saturated heterocycles. The fraction of sp³-hybridized carbons (Fsp3) is 0.778. The van der Waals surface area contributed by atoms with Crippen molar-refractivity contribution in [2.45, 2.75) is 36.0 Å². The van der Waals surface area contributed by atoms with Gasteiger partial charge in [-0.2, -0.15) is 0 Å². The van der Waals surface area contributed by atoms with Gasteiger partial charge >= 0.3 is 68.4 Å². The molecule has 1 rings (SSSR count). The molecular weight excluding hydrogens is 181 g/mol. The van der Waals surface area contributed by atoms with E-state index in [9.17, 15) is 0 Å². The molecule has 1 heteroatoms. The summed E-state index contributed by atoms with van der Waals surface area (Å²) in [5.41, 5.74) is 0. The van der Waals surface area contributed by atoms with Gasteiger partial charge in [-0.15, -0.1) is 0 Å². The zero-order chi connectivity index (χ0) is 7.56. The van der Waals surface area contributed by atoms with Gasteiger partial charge in [-0.25, -0.2) is 0 Å². The van der Waals surface area contributed by atoms with E-state index < -0.39 is 14.3 Å². The van der Waals surface area contributed by atoms with Crippen LogP contribution in [0.1, 0.15) is 19.8 Å². The summed E-state index contributed by atoms with van der Waals surface area (Å²) < 4.78 is 1.02. The van der Waals surface area contributed by atoms with Gasteiger partial charge in [-0.3, -0.25) is 0 Å². The Morgan fingerprint density at radius 2 is 2.10 bits per heavy atom. The summed E-state index contributed by atoms with van der Waals surface area (Å²) in [6.07, 6.45) is 7.65. The zero-order valence-corrected chi connectivity index (χ0v) is 9.32. The van der Waals surface area contributed by atoms with Gasteiger partial charge in [0, 0.05) is 0 Å². The Kier molecular flexibility index (Phi) is 3.02. The van der Waals surface area contributed by atoms with Gasteiger partial charge < -0.3 is 0 Å². The molecule has 0 aromatic heterocycles. The van der Waals surface area contributed by atoms with E-state index >= 15 is 0 Å². The fourth-order valence-corrected chi connectivity index (χ4v) is 4.44. The van der Waals surface area contributed by atoms with Crippen LogP contribution in [0.15, 0.2) is 12.2 Å². The van der Waals surface area contributed by atoms with Gasteiger partial charge in [0.25, 0.3) is 0 Å². The van der Waals surface area contributed by atoms with Crippen LogP contribution >= 0.6 is 0 Å². The summed E-state index contributed by atoms with van der Waals surface area (Å²) in [6.45, 7) is 2.37. The molecule has 0 saturated carbocycles. The van der Waals surface area contributed by atoms with E-state index in [2.05, 4.69) is 30.6 Å². The number of rotatable bonds is 1. The van der Waals surface area contributed by atoms with Crippen molar-refractivity contribution in [2.24, 2.45) is 5.92 Å². The van der Waals surface area contributed by atoms with Crippen molar-refractivity contribution in [1.29, 1.82) is 0 Å². The second kappa shape index (κ2) is 3.61. The van der Waals surface area contributed by atoms with E-state index in [1.165, 1.54) is 12.8 Å². The van der Waals surface area contributed by atoms with Crippen LogP contribution in [0.4, 0.5) is 0 Å². The maximum absolute atomic E-state index is 2.48. The second-order valence-electron chi connectivity index (χ2n) is 3.69. The molecule has 10 heavy (non-hydrogen) atoms. The van der Waals surface area contributed by atoms with E-state index in [0.717, 1.165) is 10.7 Å². The first-order valence-electron chi connectivity index (χ1n) is 4.17. The normalized spacial score (nSPS) is 33.2. The summed E-state index contributed by atoms with van der Waals surface area (Å²) >= 11 is -0.619. The Bertz CT molecular complexity index is 127. The molecule has 1 aliphatic carbocycles. The van der Waals surface area contributed by atoms with Crippen molar-refractivity contribution >= 4 is 14.3 Å². The topological polar surface area (TPSA) is 0 Å². The van der Waals surface area contributed by atoms with Crippen molar-refractivity contribution in [3.63, 3.8) is 0 Å². The van der Waals surface area contributed by atoms with Gasteiger partial charge in [-0.1, -0.05) is 0 Å². The molecule has 0 bridgehead atoms. The Labute approximate surface area is 68.8 Å². The monoisotopic (exact) mass is 199 g/mol. The summed E-state index contributed by atoms with van der Waals surface area (Å²) in [7, 11) is 0. The summed E-state index contributed by atoms with van der Waals surface area (Å²) in [5, 5.41) is 0. The first kappa shape index (κ1) is 8.38. The van der Waals surface area contributed by atoms with E-state index in [1.807, 2.05) is 0 Å². The van der Waals surface area contributed by atoms with Crippen molar-refractivity contribution in [3.8, 4) is 0 Å². The van der Waals surface area contributed by atoms with Gasteiger partial charge in [-0.05, 0) is 0 Å². The van der Waals surface area contributed by atoms with Crippen molar-refractivity contribution in [1.82, 2.24) is 0 Å². The van der Waals surface area contributed by atoms with Crippen LogP contribution in [0.2, 0.25) is 16.3 Å². The molecule has 1 aliphatic rings. The summed E-state index contributed by atoms with van der Waals surface area (Å²) in [4.78, 5) is 0. The molecule has 0 aromatic carbocycles. The molecule has 1 radical (unpaired) electrons. The molecule has 57 valence electrons. The molecule has 0 fully saturated rings. The molecule has 2 atom stereocenters. The van der Waals surface area contributed by atoms with Gasteiger partial charge in [0.15, 0.2) is 0 Å². The van der Waals surface area contributed by atoms with Gasteiger partial charge in [0.1, 0.15) is 0 Å². The van der Waals surface area contributed by atoms with Crippen LogP contribution < -0.4 is 0 Å². The number of allylic oxidation sites excluding steroid dienone is 2. The van der Waals surface area contributed by atoms with E-state index in [0.29, 0.717) is 0 Å². The van der Waals surface area contributed by atoms with Crippen molar-refractivity contribution in [2.75, 3.05) is 0 Å². The average Bonchev–Trinajstić information content (AvgIpc) is 1.88. The molecule has 0 heterocycles. The third-order valence-electron chi connectivity index (χ3n) is 2.30. The van der Waals surface area contributed by atoms with Gasteiger partial charge in [0.2, 0.25) is 0 Å². The Morgan fingerprint density at radius 1 is 1.40 bits per heavy atom. The van der Waals surface area contributed by atoms with Crippen LogP contribution in [-0.2, 0) is 0 Å². The summed E-state index contributed by atoms with van der Waals surface area (Å²) in [5.74, 6) is 5.91. The van der Waals surface area contributed by atoms with E-state index in [-0.39, 0.29) is 0 Å². The molecule has 0 amide bonds. The Morgan fingerprint density at radius 3 is 2.50 bits per heavy atom. The average molecular weight is 198 g/mol. The molecular formula is C9H17Ge. The van der Waals surface area contributed by atoms with E-state index in [4.69, 9.17) is 0 Å². The number of hydrogen-bond donors (Lipinski definition) is 0. The standard InChI is InChI=1S/C9H17Ge/c1-8-5-4-6-9(7-8)10(2)3/h4,6,8-9H,5,7H2,1-3H3/t8-,9+/m1/s1. The van der Waals surface area contributed by atoms with Crippen LogP contribution in [0, 0.1) is 5.92 Å². The number of hydrogen-bond acceptors (Lipinski definition) is 0. The molecule has 0 N–H and O–H groups in total. The van der Waals surface area contributed by atoms with Crippen molar-refractivity contribution < 1.29 is 0 Å². The van der Waals surface area contributed by atoms with Crippen LogP contribution in [0.5, 0.6) is 0 Å². The third-order valence-corrected chi connectivity index (χ3v) is 6.31. The second-order valence-corrected chi connectivity index (χ2v) is 9.77. The fourth-order valence-electron chi connectivity index (χ4n) is 1.51. The van der Waals surface area contributed by atoms with Crippen molar-refractivity contribution in [3.05, 3.63) is 12.2 Å². The van der Waals surface area contributed by atoms with Crippen LogP contribution in [0.3, 0.4) is 0 Å². The minimum atomic E-state index is -0.619. The zero-order valence-electron chi connectivity index (χ0n) is 7.22. The molecule has 0 aliphatic heterocycles. The van der Waals surface area contributed by atoms with Crippen LogP contribution in [0.25, 0.3) is 0 Å². The predicted molar refractivity (Wildman–Crippen MR) is 48.8 cm³/mol.